The predicted octanol–water partition coefficient (Wildman–Crippen LogP) is 1.59. The van der Waals surface area contributed by atoms with Crippen molar-refractivity contribution < 1.29 is 13.6 Å². The molecule has 19 heavy (non-hydrogen) atoms. The number of aryl methyl sites for hydroxylation is 1. The molecule has 1 rings (SSSR count). The number of thiophene rings is 1. The Balaban J connectivity index is 2.98. The molecular weight excluding hydrogens is 286 g/mol. The normalized spacial score (nSPS) is 13.4. The van der Waals surface area contributed by atoms with Gasteiger partial charge in [-0.3, -0.25) is 0 Å². The van der Waals surface area contributed by atoms with Gasteiger partial charge in [0.15, 0.2) is 0 Å². The van der Waals surface area contributed by atoms with Gasteiger partial charge in [0.05, 0.1) is 0 Å². The van der Waals surface area contributed by atoms with Crippen molar-refractivity contribution in [3.63, 3.8) is 0 Å². The predicted molar refractivity (Wildman–Crippen MR) is 76.1 cm³/mol. The number of amidine groups is 1. The molecule has 0 atom stereocenters. The molecule has 0 aliphatic heterocycles. The van der Waals surface area contributed by atoms with Crippen LogP contribution in [0.3, 0.4) is 0 Å². The fourth-order valence-electron chi connectivity index (χ4n) is 1.60. The molecule has 0 spiro atoms. The van der Waals surface area contributed by atoms with Crippen LogP contribution in [0.4, 0.5) is 0 Å². The third-order valence-corrected chi connectivity index (χ3v) is 6.11. The number of sulfonamides is 1. The highest BCUT2D eigenvalue weighted by Gasteiger charge is 2.28. The van der Waals surface area contributed by atoms with Gasteiger partial charge in [-0.1, -0.05) is 5.16 Å². The maximum atomic E-state index is 12.5. The van der Waals surface area contributed by atoms with Gasteiger partial charge in [-0.15, -0.1) is 11.3 Å². The Morgan fingerprint density at radius 2 is 2.16 bits per heavy atom. The first-order valence-electron chi connectivity index (χ1n) is 5.83. The van der Waals surface area contributed by atoms with Crippen LogP contribution in [0.25, 0.3) is 0 Å². The molecule has 0 aliphatic carbocycles. The minimum Gasteiger partial charge on any atom is -0.409 e. The van der Waals surface area contributed by atoms with Crippen LogP contribution in [-0.4, -0.2) is 36.4 Å². The van der Waals surface area contributed by atoms with Crippen molar-refractivity contribution in [2.45, 2.75) is 37.4 Å². The molecule has 108 valence electrons. The van der Waals surface area contributed by atoms with E-state index < -0.39 is 10.0 Å². The first-order chi connectivity index (χ1) is 8.78. The van der Waals surface area contributed by atoms with Crippen LogP contribution in [0.5, 0.6) is 0 Å². The zero-order valence-corrected chi connectivity index (χ0v) is 12.8. The number of nitrogens with zero attached hydrogens (tertiary/aromatic N) is 2. The first-order valence-corrected chi connectivity index (χ1v) is 8.09. The van der Waals surface area contributed by atoms with Gasteiger partial charge in [-0.2, -0.15) is 4.31 Å². The molecule has 0 radical (unpaired) electrons. The van der Waals surface area contributed by atoms with Gasteiger partial charge in [-0.25, -0.2) is 8.42 Å². The second kappa shape index (κ2) is 6.36. The second-order valence-electron chi connectivity index (χ2n) is 4.42. The summed E-state index contributed by atoms with van der Waals surface area (Å²) in [5, 5.41) is 11.4. The SMILES string of the molecule is Cc1ccc(S(=O)(=O)N(CC/C(N)=N/O)C(C)C)s1. The van der Waals surface area contributed by atoms with Crippen LogP contribution in [0.1, 0.15) is 25.1 Å². The summed E-state index contributed by atoms with van der Waals surface area (Å²) >= 11 is 1.24. The average molecular weight is 305 g/mol. The van der Waals surface area contributed by atoms with Crippen molar-refractivity contribution in [3.05, 3.63) is 17.0 Å². The molecule has 0 bridgehead atoms. The molecule has 3 N–H and O–H groups in total. The molecule has 0 aromatic carbocycles. The Morgan fingerprint density at radius 3 is 2.58 bits per heavy atom. The molecule has 8 heteroatoms. The van der Waals surface area contributed by atoms with E-state index in [4.69, 9.17) is 10.9 Å². The summed E-state index contributed by atoms with van der Waals surface area (Å²) in [7, 11) is -3.52. The summed E-state index contributed by atoms with van der Waals surface area (Å²) in [6.07, 6.45) is 0.193. The van der Waals surface area contributed by atoms with Gasteiger partial charge in [0.2, 0.25) is 0 Å². The van der Waals surface area contributed by atoms with Gasteiger partial charge in [0.25, 0.3) is 10.0 Å². The Hall–Kier alpha value is -1.12. The van der Waals surface area contributed by atoms with Crippen molar-refractivity contribution in [2.75, 3.05) is 6.54 Å². The highest BCUT2D eigenvalue weighted by atomic mass is 32.2. The summed E-state index contributed by atoms with van der Waals surface area (Å²) < 4.78 is 26.6. The number of rotatable bonds is 6. The van der Waals surface area contributed by atoms with Gasteiger partial charge >= 0.3 is 0 Å². The zero-order valence-electron chi connectivity index (χ0n) is 11.2. The lowest BCUT2D eigenvalue weighted by atomic mass is 10.3. The summed E-state index contributed by atoms with van der Waals surface area (Å²) in [6.45, 7) is 5.64. The monoisotopic (exact) mass is 305 g/mol. The fraction of sp³-hybridized carbons (Fsp3) is 0.545. The van der Waals surface area contributed by atoms with Gasteiger partial charge in [0.1, 0.15) is 10.0 Å². The number of hydrogen-bond acceptors (Lipinski definition) is 5. The number of oxime groups is 1. The van der Waals surface area contributed by atoms with Crippen LogP contribution in [-0.2, 0) is 10.0 Å². The summed E-state index contributed by atoms with van der Waals surface area (Å²) in [5.74, 6) is 0.0169. The van der Waals surface area contributed by atoms with Crippen molar-refractivity contribution in [1.82, 2.24) is 4.31 Å². The minimum atomic E-state index is -3.52. The highest BCUT2D eigenvalue weighted by Crippen LogP contribution is 2.25. The fourth-order valence-corrected chi connectivity index (χ4v) is 4.65. The molecular formula is C11H19N3O3S2. The molecule has 0 unspecified atom stereocenters. The summed E-state index contributed by atoms with van der Waals surface area (Å²) in [5.41, 5.74) is 5.39. The minimum absolute atomic E-state index is 0.0169. The van der Waals surface area contributed by atoms with E-state index in [0.29, 0.717) is 4.21 Å². The Kier molecular flexibility index (Phi) is 5.33. The average Bonchev–Trinajstić information content (AvgIpc) is 2.75. The van der Waals surface area contributed by atoms with E-state index in [1.807, 2.05) is 6.92 Å². The quantitative estimate of drug-likeness (QED) is 0.361. The Bertz CT molecular complexity index is 549. The molecule has 0 saturated carbocycles. The van der Waals surface area contributed by atoms with E-state index >= 15 is 0 Å². The van der Waals surface area contributed by atoms with E-state index in [1.54, 1.807) is 26.0 Å². The van der Waals surface area contributed by atoms with E-state index in [1.165, 1.54) is 15.6 Å². The van der Waals surface area contributed by atoms with Crippen LogP contribution >= 0.6 is 11.3 Å². The second-order valence-corrected chi connectivity index (χ2v) is 7.82. The third-order valence-electron chi connectivity index (χ3n) is 2.57. The van der Waals surface area contributed by atoms with Crippen LogP contribution in [0.2, 0.25) is 0 Å². The number of nitrogens with two attached hydrogens (primary N) is 1. The van der Waals surface area contributed by atoms with Crippen LogP contribution in [0.15, 0.2) is 21.5 Å². The Morgan fingerprint density at radius 1 is 1.53 bits per heavy atom. The van der Waals surface area contributed by atoms with Crippen molar-refractivity contribution in [1.29, 1.82) is 0 Å². The maximum Gasteiger partial charge on any atom is 0.252 e. The zero-order chi connectivity index (χ0) is 14.6. The standard InChI is InChI=1S/C11H19N3O3S2/c1-8(2)14(7-6-10(12)13-15)19(16,17)11-5-4-9(3)18-11/h4-5,8,15H,6-7H2,1-3H3,(H2,12,13). The summed E-state index contributed by atoms with van der Waals surface area (Å²) in [4.78, 5) is 0.943. The molecule has 1 aromatic heterocycles. The highest BCUT2D eigenvalue weighted by molar-refractivity contribution is 7.91. The topological polar surface area (TPSA) is 96.0 Å². The van der Waals surface area contributed by atoms with E-state index in [2.05, 4.69) is 5.16 Å². The Labute approximate surface area is 117 Å². The summed E-state index contributed by atoms with van der Waals surface area (Å²) in [6, 6.07) is 3.19. The van der Waals surface area contributed by atoms with Gasteiger partial charge < -0.3 is 10.9 Å². The third kappa shape index (κ3) is 3.92. The lowest BCUT2D eigenvalue weighted by molar-refractivity contribution is 0.313. The molecule has 0 saturated heterocycles. The van der Waals surface area contributed by atoms with Crippen molar-refractivity contribution in [2.24, 2.45) is 10.9 Å². The molecule has 6 nitrogen and oxygen atoms in total. The van der Waals surface area contributed by atoms with E-state index in [9.17, 15) is 8.42 Å². The maximum absolute atomic E-state index is 12.5. The molecule has 0 aliphatic rings. The van der Waals surface area contributed by atoms with Crippen LogP contribution < -0.4 is 5.73 Å². The molecule has 0 amide bonds. The van der Waals surface area contributed by atoms with E-state index in [0.717, 1.165) is 4.88 Å². The lowest BCUT2D eigenvalue weighted by Gasteiger charge is -2.24. The first kappa shape index (κ1) is 15.9. The van der Waals surface area contributed by atoms with Crippen molar-refractivity contribution in [3.8, 4) is 0 Å². The smallest absolute Gasteiger partial charge is 0.252 e. The van der Waals surface area contributed by atoms with Crippen molar-refractivity contribution >= 4 is 27.2 Å². The van der Waals surface area contributed by atoms with Gasteiger partial charge in [0, 0.05) is 23.9 Å². The van der Waals surface area contributed by atoms with E-state index in [-0.39, 0.29) is 24.8 Å². The molecule has 0 fully saturated rings. The van der Waals surface area contributed by atoms with Gasteiger partial charge in [-0.05, 0) is 32.9 Å². The van der Waals surface area contributed by atoms with Crippen LogP contribution in [0, 0.1) is 6.92 Å². The largest absolute Gasteiger partial charge is 0.409 e. The lowest BCUT2D eigenvalue weighted by Crippen LogP contribution is -2.38. The number of hydrogen-bond donors (Lipinski definition) is 2. The molecule has 1 heterocycles. The molecule has 1 aromatic rings.